The van der Waals surface area contributed by atoms with Crippen LogP contribution in [-0.4, -0.2) is 112 Å². The average Bonchev–Trinajstić information content (AvgIpc) is 3.62. The van der Waals surface area contributed by atoms with E-state index in [1.54, 1.807) is 17.9 Å². The first kappa shape index (κ1) is 29.2. The van der Waals surface area contributed by atoms with Crippen LogP contribution in [-0.2, 0) is 19.0 Å². The predicted molar refractivity (Wildman–Crippen MR) is 161 cm³/mol. The summed E-state index contributed by atoms with van der Waals surface area (Å²) in [6, 6.07) is 7.38. The zero-order valence-electron chi connectivity index (χ0n) is 24.3. The van der Waals surface area contributed by atoms with Gasteiger partial charge in [-0.1, -0.05) is 0 Å². The Kier molecular flexibility index (Phi) is 8.71. The number of amides is 1. The Bertz CT molecular complexity index is 1750. The molecule has 5 aromatic rings. The van der Waals surface area contributed by atoms with Crippen molar-refractivity contribution in [3.63, 3.8) is 0 Å². The normalized spacial score (nSPS) is 13.8. The molecule has 44 heavy (non-hydrogen) atoms. The standard InChI is InChI=1S/C28H33N11O5/c1-41-10-11-43-13-12-42-9-4-23(40)38-7-5-37(6-8-38)21-15-22(32-16-31-21)39-27-24(26(29)33-17-34-27)25(36-39)18-2-3-20-19(14-18)35-28(30)44-20/h2-3,14-17H,4-13H2,1H3,(H2,30,35)(H2,29,33,34). The lowest BCUT2D eigenvalue weighted by Gasteiger charge is -2.35. The largest absolute Gasteiger partial charge is 0.424 e. The van der Waals surface area contributed by atoms with Crippen LogP contribution >= 0.6 is 0 Å². The molecule has 230 valence electrons. The third-order valence-electron chi connectivity index (χ3n) is 7.25. The second-order valence-electron chi connectivity index (χ2n) is 10.0. The summed E-state index contributed by atoms with van der Waals surface area (Å²) in [5.74, 6) is 1.57. The molecular weight excluding hydrogens is 570 g/mol. The predicted octanol–water partition coefficient (Wildman–Crippen LogP) is 1.30. The van der Waals surface area contributed by atoms with E-state index >= 15 is 0 Å². The molecule has 0 bridgehead atoms. The first-order valence-corrected chi connectivity index (χ1v) is 14.2. The molecule has 1 aliphatic heterocycles. The SMILES string of the molecule is COCCOCCOCCC(=O)N1CCN(c2cc(-n3nc(-c4ccc5oc(N)nc5c4)c4c(N)ncnc43)ncn2)CC1. The number of nitrogens with two attached hydrogens (primary N) is 2. The second-order valence-corrected chi connectivity index (χ2v) is 10.0. The molecule has 0 spiro atoms. The Morgan fingerprint density at radius 3 is 2.48 bits per heavy atom. The van der Waals surface area contributed by atoms with E-state index in [-0.39, 0.29) is 17.7 Å². The number of anilines is 3. The molecule has 1 amide bonds. The molecule has 0 atom stereocenters. The number of hydrogen-bond donors (Lipinski definition) is 2. The number of rotatable bonds is 12. The summed E-state index contributed by atoms with van der Waals surface area (Å²) in [4.78, 5) is 38.5. The molecule has 1 saturated heterocycles. The van der Waals surface area contributed by atoms with Crippen LogP contribution in [0.1, 0.15) is 6.42 Å². The van der Waals surface area contributed by atoms with Gasteiger partial charge < -0.3 is 39.9 Å². The highest BCUT2D eigenvalue weighted by Gasteiger charge is 2.24. The number of carbonyl (C=O) groups excluding carboxylic acids is 1. The van der Waals surface area contributed by atoms with Gasteiger partial charge in [-0.15, -0.1) is 0 Å². The second kappa shape index (κ2) is 13.2. The van der Waals surface area contributed by atoms with Gasteiger partial charge in [-0.25, -0.2) is 19.9 Å². The Morgan fingerprint density at radius 1 is 0.909 bits per heavy atom. The van der Waals surface area contributed by atoms with Crippen LogP contribution in [0.25, 0.3) is 39.2 Å². The highest BCUT2D eigenvalue weighted by atomic mass is 16.5. The molecule has 0 unspecified atom stereocenters. The van der Waals surface area contributed by atoms with Gasteiger partial charge in [-0.2, -0.15) is 14.8 Å². The van der Waals surface area contributed by atoms with Crippen LogP contribution in [0.3, 0.4) is 0 Å². The lowest BCUT2D eigenvalue weighted by Crippen LogP contribution is -2.49. The first-order valence-electron chi connectivity index (χ1n) is 14.2. The summed E-state index contributed by atoms with van der Waals surface area (Å²) >= 11 is 0. The van der Waals surface area contributed by atoms with Gasteiger partial charge in [0.15, 0.2) is 17.0 Å². The molecule has 1 aliphatic rings. The van der Waals surface area contributed by atoms with Crippen molar-refractivity contribution < 1.29 is 23.4 Å². The van der Waals surface area contributed by atoms with Crippen molar-refractivity contribution in [3.8, 4) is 17.1 Å². The monoisotopic (exact) mass is 603 g/mol. The molecule has 0 saturated carbocycles. The Labute approximate surface area is 251 Å². The van der Waals surface area contributed by atoms with Gasteiger partial charge in [0.25, 0.3) is 6.01 Å². The van der Waals surface area contributed by atoms with E-state index in [0.29, 0.717) is 105 Å². The molecule has 1 fully saturated rings. The average molecular weight is 604 g/mol. The molecule has 0 aliphatic carbocycles. The fraction of sp³-hybridized carbons (Fsp3) is 0.393. The summed E-state index contributed by atoms with van der Waals surface area (Å²) < 4.78 is 22.9. The molecule has 0 radical (unpaired) electrons. The van der Waals surface area contributed by atoms with Gasteiger partial charge in [0.05, 0.1) is 44.8 Å². The Hall–Kier alpha value is -4.93. The summed E-state index contributed by atoms with van der Waals surface area (Å²) in [5.41, 5.74) is 15.0. The number of oxazole rings is 1. The summed E-state index contributed by atoms with van der Waals surface area (Å²) in [6.07, 6.45) is 3.20. The van der Waals surface area contributed by atoms with Crippen molar-refractivity contribution in [2.75, 3.05) is 82.7 Å². The fourth-order valence-corrected chi connectivity index (χ4v) is 5.02. The number of carbonyl (C=O) groups is 1. The van der Waals surface area contributed by atoms with Crippen molar-refractivity contribution in [3.05, 3.63) is 36.9 Å². The van der Waals surface area contributed by atoms with Crippen LogP contribution in [0.4, 0.5) is 17.7 Å². The van der Waals surface area contributed by atoms with Crippen molar-refractivity contribution in [1.82, 2.24) is 39.6 Å². The fourth-order valence-electron chi connectivity index (χ4n) is 5.02. The van der Waals surface area contributed by atoms with Gasteiger partial charge in [0, 0.05) is 44.9 Å². The van der Waals surface area contributed by atoms with Crippen molar-refractivity contribution in [1.29, 1.82) is 0 Å². The summed E-state index contributed by atoms with van der Waals surface area (Å²) in [7, 11) is 1.63. The highest BCUT2D eigenvalue weighted by Crippen LogP contribution is 2.33. The van der Waals surface area contributed by atoms with Gasteiger partial charge in [0.2, 0.25) is 5.91 Å². The molecule has 16 heteroatoms. The van der Waals surface area contributed by atoms with E-state index in [0.717, 1.165) is 5.56 Å². The summed E-state index contributed by atoms with van der Waals surface area (Å²) in [6.45, 7) is 4.74. The maximum absolute atomic E-state index is 12.7. The first-order chi connectivity index (χ1) is 21.5. The van der Waals surface area contributed by atoms with Gasteiger partial charge >= 0.3 is 0 Å². The van der Waals surface area contributed by atoms with Crippen LogP contribution in [0.5, 0.6) is 0 Å². The number of methoxy groups -OCH3 is 1. The van der Waals surface area contributed by atoms with Crippen molar-refractivity contribution in [2.45, 2.75) is 6.42 Å². The Morgan fingerprint density at radius 2 is 1.66 bits per heavy atom. The van der Waals surface area contributed by atoms with Crippen LogP contribution in [0, 0.1) is 0 Å². The van der Waals surface area contributed by atoms with Gasteiger partial charge in [-0.05, 0) is 18.2 Å². The van der Waals surface area contributed by atoms with E-state index in [4.69, 9.17) is 35.2 Å². The van der Waals surface area contributed by atoms with E-state index in [1.807, 2.05) is 23.1 Å². The third kappa shape index (κ3) is 6.22. The number of aromatic nitrogens is 7. The maximum atomic E-state index is 12.7. The van der Waals surface area contributed by atoms with Gasteiger partial charge in [0.1, 0.15) is 35.5 Å². The molecule has 16 nitrogen and oxygen atoms in total. The minimum Gasteiger partial charge on any atom is -0.424 e. The molecule has 6 rings (SSSR count). The number of hydrogen-bond acceptors (Lipinski definition) is 14. The molecular formula is C28H33N11O5. The number of fused-ring (bicyclic) bond motifs is 2. The zero-order chi connectivity index (χ0) is 30.5. The van der Waals surface area contributed by atoms with Crippen LogP contribution < -0.4 is 16.4 Å². The molecule has 4 aromatic heterocycles. The number of nitrogen functional groups attached to an aromatic ring is 2. The maximum Gasteiger partial charge on any atom is 0.292 e. The van der Waals surface area contributed by atoms with E-state index in [2.05, 4.69) is 29.8 Å². The number of nitrogens with zero attached hydrogens (tertiary/aromatic N) is 9. The van der Waals surface area contributed by atoms with Crippen molar-refractivity contribution >= 4 is 45.7 Å². The quantitative estimate of drug-likeness (QED) is 0.193. The lowest BCUT2D eigenvalue weighted by molar-refractivity contribution is -0.132. The van der Waals surface area contributed by atoms with Crippen molar-refractivity contribution in [2.24, 2.45) is 0 Å². The minimum atomic E-state index is 0.0626. The highest BCUT2D eigenvalue weighted by molar-refractivity contribution is 6.00. The zero-order valence-corrected chi connectivity index (χ0v) is 24.3. The van der Waals surface area contributed by atoms with E-state index in [9.17, 15) is 4.79 Å². The smallest absolute Gasteiger partial charge is 0.292 e. The third-order valence-corrected chi connectivity index (χ3v) is 7.25. The Balaban J connectivity index is 1.13. The summed E-state index contributed by atoms with van der Waals surface area (Å²) in [5, 5.41) is 5.43. The van der Waals surface area contributed by atoms with Gasteiger partial charge in [-0.3, -0.25) is 4.79 Å². The number of piperazine rings is 1. The topological polar surface area (TPSA) is 199 Å². The van der Waals surface area contributed by atoms with Crippen LogP contribution in [0.2, 0.25) is 0 Å². The minimum absolute atomic E-state index is 0.0626. The van der Waals surface area contributed by atoms with E-state index in [1.165, 1.54) is 12.7 Å². The molecule has 5 heterocycles. The number of benzene rings is 1. The molecule has 4 N–H and O–H groups in total. The van der Waals surface area contributed by atoms with E-state index < -0.39 is 0 Å². The molecule has 1 aromatic carbocycles. The number of ether oxygens (including phenoxy) is 3. The lowest BCUT2D eigenvalue weighted by atomic mass is 10.1. The van der Waals surface area contributed by atoms with Crippen LogP contribution in [0.15, 0.2) is 41.3 Å².